The topological polar surface area (TPSA) is 94.8 Å². The lowest BCUT2D eigenvalue weighted by atomic mass is 9.94. The SMILES string of the molecule is CCNC(=NCc1cccc(C(=O)NCCN(C)C)c1)NCc1ncc(C(C)(C)C)o1.I. The van der Waals surface area contributed by atoms with Crippen LogP contribution in [0, 0.1) is 0 Å². The summed E-state index contributed by atoms with van der Waals surface area (Å²) in [4.78, 5) is 23.3. The van der Waals surface area contributed by atoms with Crippen molar-refractivity contribution >= 4 is 35.8 Å². The summed E-state index contributed by atoms with van der Waals surface area (Å²) in [5.41, 5.74) is 1.52. The fraction of sp³-hybridized carbons (Fsp3) is 0.522. The van der Waals surface area contributed by atoms with E-state index in [1.54, 1.807) is 6.20 Å². The molecular formula is C23H37IN6O2. The van der Waals surface area contributed by atoms with Gasteiger partial charge in [-0.2, -0.15) is 0 Å². The highest BCUT2D eigenvalue weighted by molar-refractivity contribution is 14.0. The average molecular weight is 556 g/mol. The summed E-state index contributed by atoms with van der Waals surface area (Å²) in [5.74, 6) is 2.06. The number of guanidine groups is 1. The second-order valence-electron chi connectivity index (χ2n) is 8.68. The zero-order valence-corrected chi connectivity index (χ0v) is 22.3. The Morgan fingerprint density at radius 1 is 1.19 bits per heavy atom. The van der Waals surface area contributed by atoms with Gasteiger partial charge in [-0.05, 0) is 38.7 Å². The summed E-state index contributed by atoms with van der Waals surface area (Å²) < 4.78 is 5.82. The first-order valence-corrected chi connectivity index (χ1v) is 10.7. The van der Waals surface area contributed by atoms with Crippen molar-refractivity contribution in [3.63, 3.8) is 0 Å². The van der Waals surface area contributed by atoms with Crippen LogP contribution in [0.4, 0.5) is 0 Å². The molecule has 1 heterocycles. The largest absolute Gasteiger partial charge is 0.443 e. The minimum Gasteiger partial charge on any atom is -0.443 e. The number of likely N-dealkylation sites (N-methyl/N-ethyl adjacent to an activating group) is 1. The molecule has 0 aliphatic heterocycles. The number of hydrogen-bond acceptors (Lipinski definition) is 5. The third kappa shape index (κ3) is 9.56. The van der Waals surface area contributed by atoms with Crippen molar-refractivity contribution in [3.05, 3.63) is 53.2 Å². The number of halogens is 1. The molecule has 8 nitrogen and oxygen atoms in total. The number of benzene rings is 1. The minimum atomic E-state index is -0.0758. The maximum atomic E-state index is 12.3. The first-order valence-electron chi connectivity index (χ1n) is 10.7. The van der Waals surface area contributed by atoms with Crippen LogP contribution in [-0.4, -0.2) is 55.5 Å². The molecule has 0 radical (unpaired) electrons. The lowest BCUT2D eigenvalue weighted by molar-refractivity contribution is 0.0951. The maximum Gasteiger partial charge on any atom is 0.251 e. The average Bonchev–Trinajstić information content (AvgIpc) is 3.19. The Morgan fingerprint density at radius 3 is 2.56 bits per heavy atom. The molecule has 0 bridgehead atoms. The molecule has 0 aliphatic rings. The van der Waals surface area contributed by atoms with Gasteiger partial charge in [0.2, 0.25) is 5.89 Å². The van der Waals surface area contributed by atoms with Crippen molar-refractivity contribution < 1.29 is 9.21 Å². The highest BCUT2D eigenvalue weighted by Crippen LogP contribution is 2.22. The lowest BCUT2D eigenvalue weighted by Gasteiger charge is -2.13. The van der Waals surface area contributed by atoms with Gasteiger partial charge in [0, 0.05) is 30.6 Å². The molecule has 0 unspecified atom stereocenters. The Kier molecular flexibility index (Phi) is 11.7. The van der Waals surface area contributed by atoms with Gasteiger partial charge in [-0.15, -0.1) is 24.0 Å². The first kappa shape index (κ1) is 27.9. The Hall–Kier alpha value is -2.14. The molecule has 0 spiro atoms. The van der Waals surface area contributed by atoms with Gasteiger partial charge in [0.25, 0.3) is 5.91 Å². The van der Waals surface area contributed by atoms with Crippen molar-refractivity contribution in [2.45, 2.75) is 46.2 Å². The molecule has 0 aliphatic carbocycles. The second-order valence-corrected chi connectivity index (χ2v) is 8.68. The standard InChI is InChI=1S/C23H36N6O2.HI/c1-7-24-22(28-16-20-26-15-19(31-20)23(2,3)4)27-14-17-9-8-10-18(13-17)21(30)25-11-12-29(5)6;/h8-10,13,15H,7,11-12,14,16H2,1-6H3,(H,25,30)(H2,24,27,28);1H. The van der Waals surface area contributed by atoms with E-state index in [2.05, 4.69) is 46.7 Å². The van der Waals surface area contributed by atoms with Crippen LogP contribution in [0.2, 0.25) is 0 Å². The van der Waals surface area contributed by atoms with Crippen LogP contribution in [-0.2, 0) is 18.5 Å². The van der Waals surface area contributed by atoms with Gasteiger partial charge in [0.15, 0.2) is 5.96 Å². The molecule has 1 amide bonds. The number of carbonyl (C=O) groups excluding carboxylic acids is 1. The van der Waals surface area contributed by atoms with Gasteiger partial charge >= 0.3 is 0 Å². The van der Waals surface area contributed by atoms with E-state index in [0.29, 0.717) is 37.0 Å². The fourth-order valence-corrected chi connectivity index (χ4v) is 2.72. The van der Waals surface area contributed by atoms with Crippen LogP contribution >= 0.6 is 24.0 Å². The predicted octanol–water partition coefficient (Wildman–Crippen LogP) is 3.14. The number of nitrogens with one attached hydrogen (secondary N) is 3. The summed E-state index contributed by atoms with van der Waals surface area (Å²) >= 11 is 0. The van der Waals surface area contributed by atoms with Crippen molar-refractivity contribution in [3.8, 4) is 0 Å². The number of aliphatic imine (C=N–C) groups is 1. The quantitative estimate of drug-likeness (QED) is 0.250. The highest BCUT2D eigenvalue weighted by atomic mass is 127. The number of rotatable bonds is 9. The summed E-state index contributed by atoms with van der Waals surface area (Å²) in [6.45, 7) is 11.3. The summed E-state index contributed by atoms with van der Waals surface area (Å²) in [5, 5.41) is 9.40. The van der Waals surface area contributed by atoms with E-state index in [-0.39, 0.29) is 35.3 Å². The molecule has 0 saturated carbocycles. The normalized spacial score (nSPS) is 11.8. The van der Waals surface area contributed by atoms with Crippen LogP contribution in [0.5, 0.6) is 0 Å². The van der Waals surface area contributed by atoms with E-state index >= 15 is 0 Å². The number of carbonyl (C=O) groups is 1. The van der Waals surface area contributed by atoms with Gasteiger partial charge in [-0.3, -0.25) is 4.79 Å². The van der Waals surface area contributed by atoms with E-state index in [1.165, 1.54) is 0 Å². The molecule has 1 aromatic heterocycles. The Labute approximate surface area is 208 Å². The molecule has 2 rings (SSSR count). The monoisotopic (exact) mass is 556 g/mol. The maximum absolute atomic E-state index is 12.3. The van der Waals surface area contributed by atoms with Crippen molar-refractivity contribution in [1.29, 1.82) is 0 Å². The summed E-state index contributed by atoms with van der Waals surface area (Å²) in [7, 11) is 3.96. The van der Waals surface area contributed by atoms with Gasteiger partial charge in [0.05, 0.1) is 19.3 Å². The molecule has 1 aromatic carbocycles. The Bertz CT molecular complexity index is 873. The summed E-state index contributed by atoms with van der Waals surface area (Å²) in [6.07, 6.45) is 1.77. The zero-order chi connectivity index (χ0) is 22.9. The number of oxazole rings is 1. The molecular weight excluding hydrogens is 519 g/mol. The summed E-state index contributed by atoms with van der Waals surface area (Å²) in [6, 6.07) is 7.54. The third-order valence-electron chi connectivity index (χ3n) is 4.50. The molecule has 0 atom stereocenters. The van der Waals surface area contributed by atoms with Crippen molar-refractivity contribution in [2.24, 2.45) is 4.99 Å². The van der Waals surface area contributed by atoms with Crippen LogP contribution in [0.25, 0.3) is 0 Å². The molecule has 32 heavy (non-hydrogen) atoms. The van der Waals surface area contributed by atoms with Crippen LogP contribution in [0.15, 0.2) is 39.9 Å². The molecule has 0 fully saturated rings. The molecule has 2 aromatic rings. The van der Waals surface area contributed by atoms with Crippen LogP contribution < -0.4 is 16.0 Å². The smallest absolute Gasteiger partial charge is 0.251 e. The van der Waals surface area contributed by atoms with Gasteiger partial charge < -0.3 is 25.3 Å². The van der Waals surface area contributed by atoms with Crippen LogP contribution in [0.1, 0.15) is 55.3 Å². The second kappa shape index (κ2) is 13.4. The van der Waals surface area contributed by atoms with E-state index in [4.69, 9.17) is 4.42 Å². The first-order chi connectivity index (χ1) is 14.7. The van der Waals surface area contributed by atoms with Crippen molar-refractivity contribution in [1.82, 2.24) is 25.8 Å². The molecule has 178 valence electrons. The van der Waals surface area contributed by atoms with Gasteiger partial charge in [-0.25, -0.2) is 9.98 Å². The van der Waals surface area contributed by atoms with Crippen LogP contribution in [0.3, 0.4) is 0 Å². The molecule has 9 heteroatoms. The van der Waals surface area contributed by atoms with E-state index in [9.17, 15) is 4.79 Å². The minimum absolute atomic E-state index is 0. The van der Waals surface area contributed by atoms with E-state index in [0.717, 1.165) is 24.4 Å². The fourth-order valence-electron chi connectivity index (χ4n) is 2.72. The zero-order valence-electron chi connectivity index (χ0n) is 20.0. The molecule has 3 N–H and O–H groups in total. The highest BCUT2D eigenvalue weighted by Gasteiger charge is 2.19. The Balaban J connectivity index is 0.00000512. The van der Waals surface area contributed by atoms with E-state index in [1.807, 2.05) is 50.2 Å². The van der Waals surface area contributed by atoms with Gasteiger partial charge in [-0.1, -0.05) is 32.9 Å². The predicted molar refractivity (Wildman–Crippen MR) is 140 cm³/mol. The van der Waals surface area contributed by atoms with Crippen molar-refractivity contribution in [2.75, 3.05) is 33.7 Å². The number of amides is 1. The third-order valence-corrected chi connectivity index (χ3v) is 4.50. The molecule has 0 saturated heterocycles. The number of hydrogen-bond donors (Lipinski definition) is 3. The number of nitrogens with zero attached hydrogens (tertiary/aromatic N) is 3. The Morgan fingerprint density at radius 2 is 1.94 bits per heavy atom. The van der Waals surface area contributed by atoms with Gasteiger partial charge in [0.1, 0.15) is 5.76 Å². The van der Waals surface area contributed by atoms with E-state index < -0.39 is 0 Å². The number of aromatic nitrogens is 1. The lowest BCUT2D eigenvalue weighted by Crippen LogP contribution is -2.36.